The number of ether oxygens (including phenoxy) is 2. The minimum absolute atomic E-state index is 0.102. The van der Waals surface area contributed by atoms with E-state index in [-0.39, 0.29) is 17.4 Å². The lowest BCUT2D eigenvalue weighted by molar-refractivity contribution is -0.130. The first kappa shape index (κ1) is 22.5. The molecule has 1 fully saturated rings. The molecule has 2 N–H and O–H groups in total. The Kier molecular flexibility index (Phi) is 7.07. The van der Waals surface area contributed by atoms with Crippen molar-refractivity contribution >= 4 is 17.8 Å². The van der Waals surface area contributed by atoms with Gasteiger partial charge in [0.1, 0.15) is 11.2 Å². The molecule has 0 aromatic carbocycles. The van der Waals surface area contributed by atoms with Crippen molar-refractivity contribution in [3.63, 3.8) is 0 Å². The number of hydrogen-bond acceptors (Lipinski definition) is 6. The summed E-state index contributed by atoms with van der Waals surface area (Å²) in [5.74, 6) is -1.78. The largest absolute Gasteiger partial charge is 0.459 e. The molecule has 0 bridgehead atoms. The number of hydrogen-bond donors (Lipinski definition) is 2. The summed E-state index contributed by atoms with van der Waals surface area (Å²) in [7, 11) is 0. The quantitative estimate of drug-likeness (QED) is 0.704. The van der Waals surface area contributed by atoms with Crippen molar-refractivity contribution in [1.82, 2.24) is 10.3 Å². The van der Waals surface area contributed by atoms with E-state index in [1.165, 1.54) is 6.92 Å². The standard InChI is InChI=1S/C21H29N3O5/c1-12(2)28-19(26)16-13(3)17(23-14(16)4)20(27)29-15(5)18(25)24-21(11-22)9-7-6-8-10-21/h12,15,23H,6-10H2,1-5H3,(H,24,25)/t15-/m0/s1. The molecule has 29 heavy (non-hydrogen) atoms. The smallest absolute Gasteiger partial charge is 0.355 e. The zero-order chi connectivity index (χ0) is 21.8. The van der Waals surface area contributed by atoms with E-state index in [9.17, 15) is 19.6 Å². The SMILES string of the molecule is Cc1[nH]c(C(=O)O[C@@H](C)C(=O)NC2(C#N)CCCCC2)c(C)c1C(=O)OC(C)C. The molecule has 1 atom stereocenters. The lowest BCUT2D eigenvalue weighted by Gasteiger charge is -2.32. The van der Waals surface area contributed by atoms with Gasteiger partial charge in [0.25, 0.3) is 5.91 Å². The number of aromatic amines is 1. The van der Waals surface area contributed by atoms with Crippen LogP contribution in [0, 0.1) is 25.2 Å². The Morgan fingerprint density at radius 3 is 2.24 bits per heavy atom. The zero-order valence-corrected chi connectivity index (χ0v) is 17.7. The van der Waals surface area contributed by atoms with Crippen LogP contribution in [-0.2, 0) is 14.3 Å². The van der Waals surface area contributed by atoms with Crippen LogP contribution in [0.25, 0.3) is 0 Å². The Morgan fingerprint density at radius 1 is 1.07 bits per heavy atom. The van der Waals surface area contributed by atoms with Gasteiger partial charge in [-0.2, -0.15) is 5.26 Å². The van der Waals surface area contributed by atoms with Gasteiger partial charge < -0.3 is 19.8 Å². The molecule has 8 nitrogen and oxygen atoms in total. The third-order valence-corrected chi connectivity index (χ3v) is 5.13. The third kappa shape index (κ3) is 5.17. The van der Waals surface area contributed by atoms with Crippen LogP contribution in [0.3, 0.4) is 0 Å². The van der Waals surface area contributed by atoms with Crippen molar-refractivity contribution in [3.8, 4) is 6.07 Å². The highest BCUT2D eigenvalue weighted by Crippen LogP contribution is 2.28. The molecule has 0 unspecified atom stereocenters. The first-order chi connectivity index (χ1) is 13.6. The van der Waals surface area contributed by atoms with E-state index < -0.39 is 29.5 Å². The molecular weight excluding hydrogens is 374 g/mol. The van der Waals surface area contributed by atoms with E-state index in [0.29, 0.717) is 24.1 Å². The van der Waals surface area contributed by atoms with E-state index in [1.54, 1.807) is 27.7 Å². The number of carbonyl (C=O) groups is 3. The molecule has 1 heterocycles. The third-order valence-electron chi connectivity index (χ3n) is 5.13. The maximum Gasteiger partial charge on any atom is 0.355 e. The van der Waals surface area contributed by atoms with Gasteiger partial charge in [-0.25, -0.2) is 9.59 Å². The molecule has 0 aliphatic heterocycles. The molecule has 0 saturated heterocycles. The minimum Gasteiger partial charge on any atom is -0.459 e. The van der Waals surface area contributed by atoms with Crippen molar-refractivity contribution in [2.75, 3.05) is 0 Å². The van der Waals surface area contributed by atoms with E-state index >= 15 is 0 Å². The predicted molar refractivity (Wildman–Crippen MR) is 105 cm³/mol. The molecule has 1 aliphatic carbocycles. The number of carbonyl (C=O) groups excluding carboxylic acids is 3. The van der Waals surface area contributed by atoms with Crippen LogP contribution in [0.1, 0.15) is 85.0 Å². The summed E-state index contributed by atoms with van der Waals surface area (Å²) in [5, 5.41) is 12.2. The number of aromatic nitrogens is 1. The maximum atomic E-state index is 12.6. The molecule has 1 aromatic rings. The number of rotatable bonds is 6. The second kappa shape index (κ2) is 9.12. The maximum absolute atomic E-state index is 12.6. The monoisotopic (exact) mass is 403 g/mol. The fourth-order valence-corrected chi connectivity index (χ4v) is 3.56. The van der Waals surface area contributed by atoms with Crippen LogP contribution >= 0.6 is 0 Å². The molecule has 8 heteroatoms. The molecule has 1 saturated carbocycles. The van der Waals surface area contributed by atoms with Gasteiger partial charge >= 0.3 is 11.9 Å². The summed E-state index contributed by atoms with van der Waals surface area (Å²) in [4.78, 5) is 40.2. The van der Waals surface area contributed by atoms with Crippen LogP contribution in [-0.4, -0.2) is 40.6 Å². The van der Waals surface area contributed by atoms with E-state index in [0.717, 1.165) is 19.3 Å². The molecular formula is C21H29N3O5. The Balaban J connectivity index is 2.09. The van der Waals surface area contributed by atoms with Gasteiger partial charge in [-0.15, -0.1) is 0 Å². The molecule has 158 valence electrons. The van der Waals surface area contributed by atoms with E-state index in [2.05, 4.69) is 16.4 Å². The van der Waals surface area contributed by atoms with Crippen molar-refractivity contribution in [3.05, 3.63) is 22.5 Å². The zero-order valence-electron chi connectivity index (χ0n) is 17.7. The summed E-state index contributed by atoms with van der Waals surface area (Å²) >= 11 is 0. The van der Waals surface area contributed by atoms with Crippen LogP contribution in [0.4, 0.5) is 0 Å². The highest BCUT2D eigenvalue weighted by Gasteiger charge is 2.36. The normalized spacial score (nSPS) is 16.6. The van der Waals surface area contributed by atoms with Crippen molar-refractivity contribution in [2.24, 2.45) is 0 Å². The molecule has 0 spiro atoms. The summed E-state index contributed by atoms with van der Waals surface area (Å²) in [5.41, 5.74) is 0.385. The second-order valence-electron chi connectivity index (χ2n) is 7.87. The first-order valence-electron chi connectivity index (χ1n) is 9.94. The summed E-state index contributed by atoms with van der Waals surface area (Å²) in [6.07, 6.45) is 2.59. The first-order valence-corrected chi connectivity index (χ1v) is 9.94. The van der Waals surface area contributed by atoms with Gasteiger partial charge in [0.2, 0.25) is 0 Å². The number of H-pyrrole nitrogens is 1. The average Bonchev–Trinajstić information content (AvgIpc) is 2.96. The van der Waals surface area contributed by atoms with Crippen LogP contribution in [0.2, 0.25) is 0 Å². The van der Waals surface area contributed by atoms with Gasteiger partial charge in [0.15, 0.2) is 6.10 Å². The summed E-state index contributed by atoms with van der Waals surface area (Å²) < 4.78 is 10.5. The fraction of sp³-hybridized carbons (Fsp3) is 0.619. The Bertz CT molecular complexity index is 828. The average molecular weight is 403 g/mol. The number of nitrogens with one attached hydrogen (secondary N) is 2. The lowest BCUT2D eigenvalue weighted by Crippen LogP contribution is -2.52. The van der Waals surface area contributed by atoms with Gasteiger partial charge in [-0.1, -0.05) is 19.3 Å². The molecule has 1 aliphatic rings. The van der Waals surface area contributed by atoms with Crippen LogP contribution < -0.4 is 5.32 Å². The predicted octanol–water partition coefficient (Wildman–Crippen LogP) is 3.08. The number of aryl methyl sites for hydroxylation is 1. The van der Waals surface area contributed by atoms with E-state index in [4.69, 9.17) is 9.47 Å². The van der Waals surface area contributed by atoms with Crippen molar-refractivity contribution in [2.45, 2.75) is 84.5 Å². The number of amides is 1. The Labute approximate surface area is 170 Å². The molecule has 0 radical (unpaired) electrons. The number of nitriles is 1. The Hall–Kier alpha value is -2.82. The van der Waals surface area contributed by atoms with Crippen molar-refractivity contribution < 1.29 is 23.9 Å². The summed E-state index contributed by atoms with van der Waals surface area (Å²) in [6.45, 7) is 8.22. The number of nitrogens with zero attached hydrogens (tertiary/aromatic N) is 1. The second-order valence-corrected chi connectivity index (χ2v) is 7.87. The van der Waals surface area contributed by atoms with Crippen molar-refractivity contribution in [1.29, 1.82) is 5.26 Å². The molecule has 2 rings (SSSR count). The van der Waals surface area contributed by atoms with Gasteiger partial charge in [0.05, 0.1) is 17.7 Å². The topological polar surface area (TPSA) is 121 Å². The van der Waals surface area contributed by atoms with Gasteiger partial charge in [-0.3, -0.25) is 4.79 Å². The van der Waals surface area contributed by atoms with Crippen LogP contribution in [0.5, 0.6) is 0 Å². The highest BCUT2D eigenvalue weighted by atomic mass is 16.6. The van der Waals surface area contributed by atoms with Gasteiger partial charge in [0, 0.05) is 5.69 Å². The fourth-order valence-electron chi connectivity index (χ4n) is 3.56. The molecule has 1 aromatic heterocycles. The van der Waals surface area contributed by atoms with E-state index in [1.807, 2.05) is 0 Å². The Morgan fingerprint density at radius 2 is 1.69 bits per heavy atom. The minimum atomic E-state index is -1.08. The highest BCUT2D eigenvalue weighted by molar-refractivity contribution is 5.99. The summed E-state index contributed by atoms with van der Waals surface area (Å²) in [6, 6.07) is 2.21. The van der Waals surface area contributed by atoms with Crippen LogP contribution in [0.15, 0.2) is 0 Å². The number of esters is 2. The van der Waals surface area contributed by atoms with Gasteiger partial charge in [-0.05, 0) is 53.0 Å². The molecule has 1 amide bonds. The lowest BCUT2D eigenvalue weighted by atomic mass is 9.83.